The molecule has 4 nitrogen and oxygen atoms in total. The summed E-state index contributed by atoms with van der Waals surface area (Å²) in [6, 6.07) is 0.176. The fourth-order valence-corrected chi connectivity index (χ4v) is 2.00. The number of aliphatic hydroxyl groups excluding tert-OH is 1. The number of hydrogen-bond donors (Lipinski definition) is 2. The topological polar surface area (TPSA) is 52.6 Å². The Bertz CT molecular complexity index is 241. The van der Waals surface area contributed by atoms with E-state index in [2.05, 4.69) is 17.1 Å². The Kier molecular flexibility index (Phi) is 4.74. The van der Waals surface area contributed by atoms with E-state index < -0.39 is 0 Å². The summed E-state index contributed by atoms with van der Waals surface area (Å²) in [5.74, 6) is 0.0622. The third-order valence-electron chi connectivity index (χ3n) is 3.42. The molecule has 1 aliphatic rings. The standard InChI is InChI=1S/C12H24N2O2/c1-4-12(2,3)13-11(16)8-14-7-5-6-10(14)9-15/h10,15H,4-9H2,1-3H3,(H,13,16)/t10-/m0/s1. The van der Waals surface area contributed by atoms with E-state index >= 15 is 0 Å². The van der Waals surface area contributed by atoms with Crippen molar-refractivity contribution in [3.63, 3.8) is 0 Å². The van der Waals surface area contributed by atoms with Crippen molar-refractivity contribution in [1.29, 1.82) is 0 Å². The number of hydrogen-bond acceptors (Lipinski definition) is 3. The number of aliphatic hydroxyl groups is 1. The summed E-state index contributed by atoms with van der Waals surface area (Å²) in [6.07, 6.45) is 3.00. The molecule has 0 unspecified atom stereocenters. The van der Waals surface area contributed by atoms with Crippen LogP contribution in [0.5, 0.6) is 0 Å². The van der Waals surface area contributed by atoms with Crippen molar-refractivity contribution < 1.29 is 9.90 Å². The number of carbonyl (C=O) groups is 1. The molecule has 2 N–H and O–H groups in total. The molecule has 1 heterocycles. The Labute approximate surface area is 98.0 Å². The zero-order chi connectivity index (χ0) is 12.2. The summed E-state index contributed by atoms with van der Waals surface area (Å²) in [4.78, 5) is 13.9. The molecule has 1 rings (SSSR count). The van der Waals surface area contributed by atoms with Crippen LogP contribution in [0.3, 0.4) is 0 Å². The van der Waals surface area contributed by atoms with Gasteiger partial charge in [-0.05, 0) is 39.7 Å². The number of likely N-dealkylation sites (tertiary alicyclic amines) is 1. The Hall–Kier alpha value is -0.610. The van der Waals surface area contributed by atoms with Gasteiger partial charge in [0.25, 0.3) is 0 Å². The molecule has 1 saturated heterocycles. The van der Waals surface area contributed by atoms with Crippen molar-refractivity contribution in [2.24, 2.45) is 0 Å². The zero-order valence-corrected chi connectivity index (χ0v) is 10.6. The highest BCUT2D eigenvalue weighted by Crippen LogP contribution is 2.16. The lowest BCUT2D eigenvalue weighted by Crippen LogP contribution is -2.48. The molecule has 16 heavy (non-hydrogen) atoms. The van der Waals surface area contributed by atoms with Gasteiger partial charge in [0, 0.05) is 11.6 Å². The molecule has 4 heteroatoms. The highest BCUT2D eigenvalue weighted by atomic mass is 16.3. The fraction of sp³-hybridized carbons (Fsp3) is 0.917. The number of nitrogens with one attached hydrogen (secondary N) is 1. The first-order valence-corrected chi connectivity index (χ1v) is 6.14. The van der Waals surface area contributed by atoms with Crippen molar-refractivity contribution in [3.8, 4) is 0 Å². The molecule has 0 spiro atoms. The predicted octanol–water partition coefficient (Wildman–Crippen LogP) is 0.748. The van der Waals surface area contributed by atoms with Crippen molar-refractivity contribution in [2.45, 2.75) is 51.6 Å². The quantitative estimate of drug-likeness (QED) is 0.730. The molecule has 0 aromatic heterocycles. The zero-order valence-electron chi connectivity index (χ0n) is 10.6. The predicted molar refractivity (Wildman–Crippen MR) is 64.2 cm³/mol. The van der Waals surface area contributed by atoms with Gasteiger partial charge in [0.15, 0.2) is 0 Å². The second-order valence-electron chi connectivity index (χ2n) is 5.23. The molecule has 0 aromatic rings. The minimum absolute atomic E-state index is 0.0622. The molecule has 0 saturated carbocycles. The molecule has 94 valence electrons. The first-order valence-electron chi connectivity index (χ1n) is 6.14. The summed E-state index contributed by atoms with van der Waals surface area (Å²) in [6.45, 7) is 7.60. The van der Waals surface area contributed by atoms with Gasteiger partial charge in [-0.15, -0.1) is 0 Å². The Balaban J connectivity index is 2.39. The molecule has 0 radical (unpaired) electrons. The lowest BCUT2D eigenvalue weighted by Gasteiger charge is -2.27. The normalized spacial score (nSPS) is 22.4. The maximum Gasteiger partial charge on any atom is 0.234 e. The van der Waals surface area contributed by atoms with Crippen LogP contribution in [-0.2, 0) is 4.79 Å². The van der Waals surface area contributed by atoms with E-state index in [1.807, 2.05) is 13.8 Å². The Morgan fingerprint density at radius 3 is 2.81 bits per heavy atom. The van der Waals surface area contributed by atoms with E-state index in [9.17, 15) is 4.79 Å². The van der Waals surface area contributed by atoms with E-state index in [1.54, 1.807) is 0 Å². The maximum absolute atomic E-state index is 11.8. The van der Waals surface area contributed by atoms with Gasteiger partial charge in [0.05, 0.1) is 13.2 Å². The second-order valence-corrected chi connectivity index (χ2v) is 5.23. The second kappa shape index (κ2) is 5.64. The van der Waals surface area contributed by atoms with Crippen LogP contribution in [0.25, 0.3) is 0 Å². The molecule has 1 atom stereocenters. The minimum atomic E-state index is -0.133. The van der Waals surface area contributed by atoms with Gasteiger partial charge in [0.2, 0.25) is 5.91 Å². The van der Waals surface area contributed by atoms with E-state index in [4.69, 9.17) is 5.11 Å². The molecular weight excluding hydrogens is 204 g/mol. The summed E-state index contributed by atoms with van der Waals surface area (Å²) in [7, 11) is 0. The average Bonchev–Trinajstić information content (AvgIpc) is 2.64. The van der Waals surface area contributed by atoms with Gasteiger partial charge in [-0.3, -0.25) is 9.69 Å². The summed E-state index contributed by atoms with van der Waals surface area (Å²) in [5, 5.41) is 12.2. The SMILES string of the molecule is CCC(C)(C)NC(=O)CN1CCC[C@H]1CO. The monoisotopic (exact) mass is 228 g/mol. The van der Waals surface area contributed by atoms with Crippen LogP contribution in [0.2, 0.25) is 0 Å². The number of nitrogens with zero attached hydrogens (tertiary/aromatic N) is 1. The van der Waals surface area contributed by atoms with E-state index in [1.165, 1.54) is 0 Å². The smallest absolute Gasteiger partial charge is 0.234 e. The third-order valence-corrected chi connectivity index (χ3v) is 3.42. The van der Waals surface area contributed by atoms with Crippen LogP contribution >= 0.6 is 0 Å². The number of amides is 1. The van der Waals surface area contributed by atoms with Gasteiger partial charge in [-0.2, -0.15) is 0 Å². The summed E-state index contributed by atoms with van der Waals surface area (Å²) < 4.78 is 0. The maximum atomic E-state index is 11.8. The average molecular weight is 228 g/mol. The number of carbonyl (C=O) groups excluding carboxylic acids is 1. The van der Waals surface area contributed by atoms with E-state index in [-0.39, 0.29) is 24.1 Å². The lowest BCUT2D eigenvalue weighted by molar-refractivity contribution is -0.124. The van der Waals surface area contributed by atoms with Gasteiger partial charge in [-0.1, -0.05) is 6.92 Å². The molecule has 0 aromatic carbocycles. The van der Waals surface area contributed by atoms with Crippen LogP contribution in [-0.4, -0.2) is 47.2 Å². The molecule has 1 fully saturated rings. The lowest BCUT2D eigenvalue weighted by atomic mass is 10.0. The Morgan fingerprint density at radius 1 is 1.56 bits per heavy atom. The van der Waals surface area contributed by atoms with E-state index in [0.29, 0.717) is 6.54 Å². The van der Waals surface area contributed by atoms with E-state index in [0.717, 1.165) is 25.8 Å². The molecule has 1 aliphatic heterocycles. The summed E-state index contributed by atoms with van der Waals surface area (Å²) in [5.41, 5.74) is -0.133. The Morgan fingerprint density at radius 2 is 2.25 bits per heavy atom. The largest absolute Gasteiger partial charge is 0.395 e. The highest BCUT2D eigenvalue weighted by molar-refractivity contribution is 5.78. The van der Waals surface area contributed by atoms with Gasteiger partial charge < -0.3 is 10.4 Å². The van der Waals surface area contributed by atoms with Crippen molar-refractivity contribution >= 4 is 5.91 Å². The molecule has 0 aliphatic carbocycles. The first kappa shape index (κ1) is 13.5. The van der Waals surface area contributed by atoms with Gasteiger partial charge in [0.1, 0.15) is 0 Å². The third kappa shape index (κ3) is 3.76. The van der Waals surface area contributed by atoms with Crippen molar-refractivity contribution in [3.05, 3.63) is 0 Å². The minimum Gasteiger partial charge on any atom is -0.395 e. The van der Waals surface area contributed by atoms with Crippen LogP contribution in [0, 0.1) is 0 Å². The molecule has 0 bridgehead atoms. The highest BCUT2D eigenvalue weighted by Gasteiger charge is 2.27. The van der Waals surface area contributed by atoms with Crippen molar-refractivity contribution in [1.82, 2.24) is 10.2 Å². The first-order chi connectivity index (χ1) is 7.48. The van der Waals surface area contributed by atoms with Crippen LogP contribution in [0.15, 0.2) is 0 Å². The number of rotatable bonds is 5. The fourth-order valence-electron chi connectivity index (χ4n) is 2.00. The van der Waals surface area contributed by atoms with Crippen molar-refractivity contribution in [2.75, 3.05) is 19.7 Å². The van der Waals surface area contributed by atoms with Crippen LogP contribution < -0.4 is 5.32 Å². The van der Waals surface area contributed by atoms with Gasteiger partial charge in [-0.25, -0.2) is 0 Å². The van der Waals surface area contributed by atoms with Crippen LogP contribution in [0.1, 0.15) is 40.0 Å². The summed E-state index contributed by atoms with van der Waals surface area (Å²) >= 11 is 0. The van der Waals surface area contributed by atoms with Crippen LogP contribution in [0.4, 0.5) is 0 Å². The van der Waals surface area contributed by atoms with Gasteiger partial charge >= 0.3 is 0 Å². The molecular formula is C12H24N2O2. The molecule has 1 amide bonds.